The lowest BCUT2D eigenvalue weighted by molar-refractivity contribution is -0.198. The maximum absolute atomic E-state index is 13.4. The minimum absolute atomic E-state index is 0.00736. The average molecular weight is 1160 g/mol. The van der Waals surface area contributed by atoms with Crippen LogP contribution in [0, 0.1) is 0 Å². The molecule has 460 valence electrons. The van der Waals surface area contributed by atoms with Crippen LogP contribution in [0.1, 0.15) is 153 Å². The van der Waals surface area contributed by atoms with Crippen LogP contribution in [0.25, 0.3) is 10.4 Å². The highest BCUT2D eigenvalue weighted by Gasteiger charge is 2.32. The molecule has 0 saturated carbocycles. The van der Waals surface area contributed by atoms with Crippen molar-refractivity contribution in [2.24, 2.45) is 10.2 Å². The van der Waals surface area contributed by atoms with Gasteiger partial charge >= 0.3 is 5.97 Å². The van der Waals surface area contributed by atoms with Crippen LogP contribution in [0.2, 0.25) is 0 Å². The fourth-order valence-electron chi connectivity index (χ4n) is 7.40. The number of hydrazone groups is 1. The van der Waals surface area contributed by atoms with Gasteiger partial charge in [0.2, 0.25) is 11.8 Å². The number of pyridine rings is 1. The zero-order valence-electron chi connectivity index (χ0n) is 48.1. The monoisotopic (exact) mass is 1160 g/mol. The predicted octanol–water partition coefficient (Wildman–Crippen LogP) is 4.98. The van der Waals surface area contributed by atoms with E-state index in [4.69, 9.17) is 43.5 Å². The molecule has 1 fully saturated rings. The Morgan fingerprint density at radius 3 is 1.80 bits per heavy atom. The lowest BCUT2D eigenvalue weighted by atomic mass is 10.0. The normalized spacial score (nSPS) is 12.3. The first kappa shape index (κ1) is 71.8. The van der Waals surface area contributed by atoms with Crippen LogP contribution in [-0.4, -0.2) is 187 Å². The van der Waals surface area contributed by atoms with Crippen molar-refractivity contribution >= 4 is 64.4 Å². The summed E-state index contributed by atoms with van der Waals surface area (Å²) in [6, 6.07) is 2.58. The molecule has 2 heterocycles. The molecule has 1 aromatic rings. The minimum atomic E-state index is -0.757. The van der Waals surface area contributed by atoms with E-state index in [1.54, 1.807) is 12.1 Å². The number of nitrogens with one attached hydrogen (secondary N) is 4. The van der Waals surface area contributed by atoms with Gasteiger partial charge in [-0.2, -0.15) is 5.10 Å². The van der Waals surface area contributed by atoms with Crippen LogP contribution in [0.4, 0.5) is 5.82 Å². The minimum Gasteiger partial charge on any atom is -0.381 e. The number of hydrogen-bond acceptors (Lipinski definition) is 21. The molecule has 4 N–H and O–H groups in total. The molecule has 1 unspecified atom stereocenters. The molecule has 82 heavy (non-hydrogen) atoms. The second-order valence-corrected chi connectivity index (χ2v) is 19.1. The van der Waals surface area contributed by atoms with E-state index in [9.17, 15) is 43.2 Å². The van der Waals surface area contributed by atoms with Crippen LogP contribution in [0.3, 0.4) is 0 Å². The van der Waals surface area contributed by atoms with Crippen molar-refractivity contribution in [2.75, 3.05) is 118 Å². The topological polar surface area (TPSA) is 353 Å². The highest BCUT2D eigenvalue weighted by molar-refractivity contribution is 6.01. The number of anilines is 1. The van der Waals surface area contributed by atoms with Gasteiger partial charge in [-0.1, -0.05) is 5.11 Å². The number of rotatable bonds is 54. The summed E-state index contributed by atoms with van der Waals surface area (Å²) in [5.74, 6) is -2.23. The van der Waals surface area contributed by atoms with Crippen molar-refractivity contribution in [2.45, 2.75) is 148 Å². The van der Waals surface area contributed by atoms with E-state index < -0.39 is 23.8 Å². The first-order chi connectivity index (χ1) is 39.8. The van der Waals surface area contributed by atoms with Crippen molar-refractivity contribution in [1.29, 1.82) is 0 Å². The van der Waals surface area contributed by atoms with E-state index in [0.717, 1.165) is 18.6 Å². The number of unbranched alkanes of at least 4 members (excludes halogenated alkanes) is 3. The SMILES string of the molecule is CC(C)=NNc1ccc(C(=O)NCCOCCOCCCC(=O)CCC(=O)NCCCCC(NC(=O)CCOCCCOCCC(=O)ON2C(=O)CCC2=O)C(=O)CCCCOCCOCCOCCCCC(=O)CCCN=[N+]=[N-])cn1. The first-order valence-electron chi connectivity index (χ1n) is 28.5. The third-order valence-corrected chi connectivity index (χ3v) is 11.8. The molecule has 1 atom stereocenters. The highest BCUT2D eigenvalue weighted by atomic mass is 16.7. The summed E-state index contributed by atoms with van der Waals surface area (Å²) in [5.41, 5.74) is 12.3. The van der Waals surface area contributed by atoms with Crippen molar-refractivity contribution in [1.82, 2.24) is 26.0 Å². The van der Waals surface area contributed by atoms with Gasteiger partial charge < -0.3 is 53.9 Å². The molecule has 27 nitrogen and oxygen atoms in total. The van der Waals surface area contributed by atoms with Crippen LogP contribution in [-0.2, 0) is 76.4 Å². The Balaban J connectivity index is 1.59. The van der Waals surface area contributed by atoms with E-state index in [1.807, 2.05) is 13.8 Å². The summed E-state index contributed by atoms with van der Waals surface area (Å²) in [6.07, 6.45) is 8.57. The average Bonchev–Trinajstić information content (AvgIpc) is 3.90. The number of nitrogens with zero attached hydrogens (tertiary/aromatic N) is 6. The predicted molar refractivity (Wildman–Crippen MR) is 299 cm³/mol. The Kier molecular flexibility index (Phi) is 42.2. The van der Waals surface area contributed by atoms with E-state index in [0.29, 0.717) is 166 Å². The molecule has 0 aromatic carbocycles. The molecule has 0 bridgehead atoms. The number of aromatic nitrogens is 1. The second-order valence-electron chi connectivity index (χ2n) is 19.1. The van der Waals surface area contributed by atoms with Gasteiger partial charge in [-0.25, -0.2) is 9.78 Å². The summed E-state index contributed by atoms with van der Waals surface area (Å²) >= 11 is 0. The summed E-state index contributed by atoms with van der Waals surface area (Å²) < 4.78 is 38.8. The van der Waals surface area contributed by atoms with Gasteiger partial charge in [0, 0.05) is 127 Å². The van der Waals surface area contributed by atoms with Gasteiger partial charge in [0.25, 0.3) is 17.7 Å². The molecule has 0 radical (unpaired) electrons. The van der Waals surface area contributed by atoms with E-state index in [2.05, 4.69) is 41.5 Å². The smallest absolute Gasteiger partial charge is 0.335 e. The molecule has 0 spiro atoms. The van der Waals surface area contributed by atoms with Crippen LogP contribution in [0.5, 0.6) is 0 Å². The number of ether oxygens (including phenoxy) is 7. The largest absolute Gasteiger partial charge is 0.381 e. The maximum atomic E-state index is 13.4. The Hall–Kier alpha value is -6.32. The molecule has 1 aliphatic rings. The second kappa shape index (κ2) is 48.2. The quantitative estimate of drug-likeness (QED) is 0.0127. The number of imide groups is 1. The summed E-state index contributed by atoms with van der Waals surface area (Å²) in [7, 11) is 0. The zero-order chi connectivity index (χ0) is 59.7. The molecule has 2 rings (SSSR count). The number of ketones is 3. The Morgan fingerprint density at radius 2 is 1.16 bits per heavy atom. The summed E-state index contributed by atoms with van der Waals surface area (Å²) in [5, 5.41) is 16.4. The molecule has 27 heteroatoms. The molecular weight excluding hydrogens is 1070 g/mol. The van der Waals surface area contributed by atoms with Gasteiger partial charge in [0.15, 0.2) is 5.78 Å². The fourth-order valence-corrected chi connectivity index (χ4v) is 7.40. The number of carbonyl (C=O) groups is 9. The van der Waals surface area contributed by atoms with Crippen molar-refractivity contribution in [3.05, 3.63) is 34.3 Å². The molecule has 1 saturated heterocycles. The molecule has 1 aromatic heterocycles. The van der Waals surface area contributed by atoms with E-state index in [-0.39, 0.29) is 113 Å². The summed E-state index contributed by atoms with van der Waals surface area (Å²) in [6.45, 7) is 9.20. The Morgan fingerprint density at radius 1 is 0.585 bits per heavy atom. The van der Waals surface area contributed by atoms with Gasteiger partial charge in [0.05, 0.1) is 77.5 Å². The van der Waals surface area contributed by atoms with Crippen LogP contribution in [0.15, 0.2) is 28.5 Å². The standard InChI is InChI=1S/C55H88N10O17/c1-43(2)62-63-49-19-17-44(42-59-49)55(74)58-27-35-80-39-36-79-30-10-14-46(67)18-20-50(69)57-25-6-3-15-47(61-51(70)23-33-75-31-11-32-76-34-24-54(73)82-65-52(71)21-22-53(65)72)48(68)16-5-8-29-78-38-41-81-40-37-77-28-7-4-12-45(66)13-9-26-60-64-56/h17,19,42,47H,3-16,18,20-41H2,1-2H3,(H,57,69)(H,58,74)(H,59,63)(H,61,70). The van der Waals surface area contributed by atoms with Crippen molar-refractivity contribution in [3.63, 3.8) is 0 Å². The summed E-state index contributed by atoms with van der Waals surface area (Å²) in [4.78, 5) is 122. The third-order valence-electron chi connectivity index (χ3n) is 11.8. The number of hydroxylamine groups is 2. The number of azide groups is 1. The highest BCUT2D eigenvalue weighted by Crippen LogP contribution is 2.13. The van der Waals surface area contributed by atoms with Crippen molar-refractivity contribution in [3.8, 4) is 0 Å². The number of Topliss-reactive ketones (excluding diaryl/α,β-unsaturated/α-hetero) is 3. The maximum Gasteiger partial charge on any atom is 0.335 e. The van der Waals surface area contributed by atoms with Gasteiger partial charge in [-0.15, -0.1) is 5.06 Å². The fraction of sp³-hybridized carbons (Fsp3) is 0.727. The van der Waals surface area contributed by atoms with Gasteiger partial charge in [-0.05, 0) is 95.7 Å². The lowest BCUT2D eigenvalue weighted by Gasteiger charge is -2.18. The van der Waals surface area contributed by atoms with Gasteiger partial charge in [0.1, 0.15) is 17.4 Å². The van der Waals surface area contributed by atoms with E-state index in [1.165, 1.54) is 6.20 Å². The number of hydrogen-bond donors (Lipinski definition) is 4. The lowest BCUT2D eigenvalue weighted by Crippen LogP contribution is -2.41. The number of amides is 5. The molecule has 1 aliphatic heterocycles. The first-order valence-corrected chi connectivity index (χ1v) is 28.5. The van der Waals surface area contributed by atoms with Crippen LogP contribution < -0.4 is 21.4 Å². The molecular formula is C55H88N10O17. The molecule has 0 aliphatic carbocycles. The van der Waals surface area contributed by atoms with Gasteiger partial charge in [-0.3, -0.25) is 43.8 Å². The molecule has 5 amide bonds. The van der Waals surface area contributed by atoms with E-state index >= 15 is 0 Å². The zero-order valence-corrected chi connectivity index (χ0v) is 48.1. The third kappa shape index (κ3) is 39.2. The Bertz CT molecular complexity index is 2110. The Labute approximate surface area is 480 Å². The number of carbonyl (C=O) groups excluding carboxylic acids is 9. The van der Waals surface area contributed by atoms with Crippen LogP contribution >= 0.6 is 0 Å². The van der Waals surface area contributed by atoms with Crippen molar-refractivity contribution < 1.29 is 81.1 Å².